The Balaban J connectivity index is 1.59. The SMILES string of the molecule is COc1cc(C)c(S(=O)(=O)N(C)C2(C(=O)CCC(=O)N(C)Cc3ccc(N(C)CCN(C)C)cc3)CC2)c(C)c1. The van der Waals surface area contributed by atoms with E-state index in [1.807, 2.05) is 38.4 Å². The topological polar surface area (TPSA) is 90.5 Å². The largest absolute Gasteiger partial charge is 0.497 e. The van der Waals surface area contributed by atoms with E-state index in [-0.39, 0.29) is 29.4 Å². The van der Waals surface area contributed by atoms with E-state index in [1.165, 1.54) is 18.5 Å². The molecule has 0 aromatic heterocycles. The van der Waals surface area contributed by atoms with Gasteiger partial charge in [-0.2, -0.15) is 4.31 Å². The minimum atomic E-state index is -3.92. The van der Waals surface area contributed by atoms with Crippen LogP contribution in [0.25, 0.3) is 0 Å². The van der Waals surface area contributed by atoms with Gasteiger partial charge in [-0.25, -0.2) is 8.42 Å². The molecule has 1 saturated carbocycles. The molecule has 0 unspecified atom stereocenters. The van der Waals surface area contributed by atoms with Gasteiger partial charge in [0.05, 0.1) is 17.5 Å². The third kappa shape index (κ3) is 7.03. The van der Waals surface area contributed by atoms with E-state index in [2.05, 4.69) is 16.8 Å². The number of methoxy groups -OCH3 is 1. The first-order valence-corrected chi connectivity index (χ1v) is 15.0. The van der Waals surface area contributed by atoms with E-state index < -0.39 is 15.6 Å². The van der Waals surface area contributed by atoms with Crippen molar-refractivity contribution < 1.29 is 22.7 Å². The molecule has 2 aromatic rings. The van der Waals surface area contributed by atoms with Crippen LogP contribution < -0.4 is 9.64 Å². The molecule has 40 heavy (non-hydrogen) atoms. The third-order valence-electron chi connectivity index (χ3n) is 7.80. The van der Waals surface area contributed by atoms with Crippen molar-refractivity contribution in [2.24, 2.45) is 0 Å². The average Bonchev–Trinajstić information content (AvgIpc) is 3.71. The molecule has 9 nitrogen and oxygen atoms in total. The monoisotopic (exact) mass is 572 g/mol. The van der Waals surface area contributed by atoms with Crippen LogP contribution in [0.15, 0.2) is 41.3 Å². The lowest BCUT2D eigenvalue weighted by Crippen LogP contribution is -2.45. The summed E-state index contributed by atoms with van der Waals surface area (Å²) in [5.41, 5.74) is 2.15. The summed E-state index contributed by atoms with van der Waals surface area (Å²) in [4.78, 5) is 32.3. The molecule has 1 aliphatic carbocycles. The summed E-state index contributed by atoms with van der Waals surface area (Å²) in [5.74, 6) is 0.220. The minimum Gasteiger partial charge on any atom is -0.497 e. The fraction of sp³-hybridized carbons (Fsp3) is 0.533. The number of likely N-dealkylation sites (N-methyl/N-ethyl adjacent to an activating group) is 3. The maximum absolute atomic E-state index is 13.6. The van der Waals surface area contributed by atoms with Gasteiger partial charge >= 0.3 is 0 Å². The van der Waals surface area contributed by atoms with Gasteiger partial charge in [-0.05, 0) is 81.7 Å². The summed E-state index contributed by atoms with van der Waals surface area (Å²) in [6, 6.07) is 11.5. The minimum absolute atomic E-state index is 0.000776. The Morgan fingerprint density at radius 3 is 1.98 bits per heavy atom. The Hall–Kier alpha value is -2.95. The molecule has 3 rings (SSSR count). The lowest BCUT2D eigenvalue weighted by Gasteiger charge is -2.28. The number of hydrogen-bond acceptors (Lipinski definition) is 7. The molecular formula is C30H44N4O5S. The molecule has 0 spiro atoms. The van der Waals surface area contributed by atoms with Crippen LogP contribution in [0.1, 0.15) is 42.4 Å². The van der Waals surface area contributed by atoms with Gasteiger partial charge in [-0.1, -0.05) is 12.1 Å². The van der Waals surface area contributed by atoms with Crippen LogP contribution >= 0.6 is 0 Å². The van der Waals surface area contributed by atoms with Gasteiger partial charge in [0.15, 0.2) is 5.78 Å². The molecule has 1 aliphatic rings. The number of aryl methyl sites for hydroxylation is 2. The number of carbonyl (C=O) groups excluding carboxylic acids is 2. The van der Waals surface area contributed by atoms with E-state index >= 15 is 0 Å². The van der Waals surface area contributed by atoms with Gasteiger partial charge in [0, 0.05) is 59.3 Å². The summed E-state index contributed by atoms with van der Waals surface area (Å²) < 4.78 is 33.7. The van der Waals surface area contributed by atoms with E-state index in [9.17, 15) is 18.0 Å². The Morgan fingerprint density at radius 1 is 0.900 bits per heavy atom. The highest BCUT2D eigenvalue weighted by Crippen LogP contribution is 2.46. The zero-order chi connectivity index (χ0) is 29.8. The first-order valence-electron chi connectivity index (χ1n) is 13.6. The van der Waals surface area contributed by atoms with Crippen LogP contribution in [0.5, 0.6) is 5.75 Å². The van der Waals surface area contributed by atoms with Crippen LogP contribution in [0.4, 0.5) is 5.69 Å². The van der Waals surface area contributed by atoms with Crippen molar-refractivity contribution in [2.45, 2.75) is 56.5 Å². The maximum Gasteiger partial charge on any atom is 0.244 e. The molecule has 220 valence electrons. The van der Waals surface area contributed by atoms with Gasteiger partial charge in [-0.3, -0.25) is 9.59 Å². The lowest BCUT2D eigenvalue weighted by molar-refractivity contribution is -0.133. The maximum atomic E-state index is 13.6. The van der Waals surface area contributed by atoms with Gasteiger partial charge < -0.3 is 19.4 Å². The summed E-state index contributed by atoms with van der Waals surface area (Å²) in [5, 5.41) is 0. The highest BCUT2D eigenvalue weighted by molar-refractivity contribution is 7.89. The number of sulfonamides is 1. The Bertz CT molecular complexity index is 1300. The number of ether oxygens (including phenoxy) is 1. The molecule has 10 heteroatoms. The first kappa shape index (κ1) is 31.6. The summed E-state index contributed by atoms with van der Waals surface area (Å²) in [6.07, 6.45) is 0.945. The molecule has 0 N–H and O–H groups in total. The van der Waals surface area contributed by atoms with Crippen LogP contribution in [0, 0.1) is 13.8 Å². The molecule has 0 atom stereocenters. The summed E-state index contributed by atoms with van der Waals surface area (Å²) in [7, 11) is 6.96. The number of hydrogen-bond donors (Lipinski definition) is 0. The first-order chi connectivity index (χ1) is 18.7. The predicted molar refractivity (Wildman–Crippen MR) is 158 cm³/mol. The predicted octanol–water partition coefficient (Wildman–Crippen LogP) is 3.47. The lowest BCUT2D eigenvalue weighted by atomic mass is 10.1. The number of nitrogens with zero attached hydrogens (tertiary/aromatic N) is 4. The zero-order valence-corrected chi connectivity index (χ0v) is 26.0. The highest BCUT2D eigenvalue weighted by Gasteiger charge is 2.56. The van der Waals surface area contributed by atoms with E-state index in [4.69, 9.17) is 4.74 Å². The molecule has 1 amide bonds. The van der Waals surface area contributed by atoms with Crippen LogP contribution in [-0.2, 0) is 26.2 Å². The second kappa shape index (κ2) is 12.7. The highest BCUT2D eigenvalue weighted by atomic mass is 32.2. The average molecular weight is 573 g/mol. The van der Waals surface area contributed by atoms with Gasteiger partial charge in [-0.15, -0.1) is 0 Å². The van der Waals surface area contributed by atoms with Crippen LogP contribution in [-0.4, -0.2) is 95.2 Å². The van der Waals surface area contributed by atoms with Crippen molar-refractivity contribution in [3.05, 3.63) is 53.1 Å². The van der Waals surface area contributed by atoms with Crippen molar-refractivity contribution in [1.82, 2.24) is 14.1 Å². The molecule has 0 aliphatic heterocycles. The Morgan fingerprint density at radius 2 is 1.48 bits per heavy atom. The number of rotatable bonds is 14. The van der Waals surface area contributed by atoms with E-state index in [0.717, 1.165) is 24.3 Å². The Labute approximate surface area is 239 Å². The summed E-state index contributed by atoms with van der Waals surface area (Å²) in [6.45, 7) is 5.75. The second-order valence-corrected chi connectivity index (χ2v) is 13.1. The number of benzene rings is 2. The third-order valence-corrected chi connectivity index (χ3v) is 10.0. The van der Waals surface area contributed by atoms with Gasteiger partial charge in [0.2, 0.25) is 15.9 Å². The number of carbonyl (C=O) groups is 2. The molecule has 0 saturated heterocycles. The number of anilines is 1. The quantitative estimate of drug-likeness (QED) is 0.342. The van der Waals surface area contributed by atoms with Crippen molar-refractivity contribution in [3.8, 4) is 5.75 Å². The van der Waals surface area contributed by atoms with Crippen LogP contribution in [0.3, 0.4) is 0 Å². The Kier molecular flexibility index (Phi) is 10.0. The number of Topliss-reactive ketones (excluding diaryl/α,β-unsaturated/α-hetero) is 1. The molecule has 0 radical (unpaired) electrons. The fourth-order valence-electron chi connectivity index (χ4n) is 5.03. The normalized spacial score (nSPS) is 14.3. The molecule has 0 heterocycles. The standard InChI is InChI=1S/C30H44N4O5S/c1-22-19-26(39-8)20-23(2)29(22)40(37,38)34(7)30(15-16-30)27(35)13-14-28(36)33(6)21-24-9-11-25(12-10-24)32(5)18-17-31(3)4/h9-12,19-20H,13-18,21H2,1-8H3. The molecule has 1 fully saturated rings. The van der Waals surface area contributed by atoms with Gasteiger partial charge in [0.1, 0.15) is 5.75 Å². The van der Waals surface area contributed by atoms with Crippen LogP contribution in [0.2, 0.25) is 0 Å². The zero-order valence-electron chi connectivity index (χ0n) is 25.2. The fourth-order valence-corrected chi connectivity index (χ4v) is 6.98. The molecular weight excluding hydrogens is 528 g/mol. The van der Waals surface area contributed by atoms with E-state index in [1.54, 1.807) is 37.9 Å². The van der Waals surface area contributed by atoms with Crippen molar-refractivity contribution >= 4 is 27.4 Å². The van der Waals surface area contributed by atoms with E-state index in [0.29, 0.717) is 36.3 Å². The number of amides is 1. The van der Waals surface area contributed by atoms with Crippen molar-refractivity contribution in [1.29, 1.82) is 0 Å². The van der Waals surface area contributed by atoms with Crippen molar-refractivity contribution in [2.75, 3.05) is 60.3 Å². The molecule has 0 bridgehead atoms. The smallest absolute Gasteiger partial charge is 0.244 e. The molecule has 2 aromatic carbocycles. The number of ketones is 1. The second-order valence-electron chi connectivity index (χ2n) is 11.2. The van der Waals surface area contributed by atoms with Gasteiger partial charge in [0.25, 0.3) is 0 Å². The summed E-state index contributed by atoms with van der Waals surface area (Å²) >= 11 is 0. The van der Waals surface area contributed by atoms with Crippen molar-refractivity contribution in [3.63, 3.8) is 0 Å².